The van der Waals surface area contributed by atoms with Gasteiger partial charge in [-0.15, -0.1) is 0 Å². The third kappa shape index (κ3) is 2.34. The molecule has 0 amide bonds. The first-order valence-corrected chi connectivity index (χ1v) is 9.57. The van der Waals surface area contributed by atoms with Crippen molar-refractivity contribution >= 4 is 44.7 Å². The van der Waals surface area contributed by atoms with E-state index < -0.39 is 5.66 Å². The molecule has 0 radical (unpaired) electrons. The number of benzene rings is 3. The van der Waals surface area contributed by atoms with Gasteiger partial charge in [0.1, 0.15) is 5.84 Å². The van der Waals surface area contributed by atoms with Gasteiger partial charge in [0.25, 0.3) is 5.66 Å². The second kappa shape index (κ2) is 6.14. The smallest absolute Gasteiger partial charge is 0.259 e. The number of anilines is 2. The zero-order valence-electron chi connectivity index (χ0n) is 14.6. The summed E-state index contributed by atoms with van der Waals surface area (Å²) in [5.74, 6) is -0.209. The number of nitrogens with zero attached hydrogens (tertiary/aromatic N) is 1. The summed E-state index contributed by atoms with van der Waals surface area (Å²) < 4.78 is 0.857. The van der Waals surface area contributed by atoms with Gasteiger partial charge in [-0.1, -0.05) is 48.5 Å². The van der Waals surface area contributed by atoms with Crippen LogP contribution >= 0.6 is 15.9 Å². The number of hydrogen-bond acceptors (Lipinski definition) is 5. The molecule has 3 aromatic rings. The summed E-state index contributed by atoms with van der Waals surface area (Å²) >= 11 is 3.52. The minimum atomic E-state index is -1.68. The van der Waals surface area contributed by atoms with Crippen LogP contribution in [-0.2, 0) is 0 Å². The number of para-hydroxylation sites is 2. The van der Waals surface area contributed by atoms with Crippen LogP contribution in [0.4, 0.5) is 11.4 Å². The molecule has 0 unspecified atom stereocenters. The van der Waals surface area contributed by atoms with E-state index in [1.54, 1.807) is 24.3 Å². The zero-order valence-corrected chi connectivity index (χ0v) is 16.2. The molecule has 3 aromatic carbocycles. The molecule has 1 heterocycles. The van der Waals surface area contributed by atoms with Gasteiger partial charge < -0.3 is 10.6 Å². The van der Waals surface area contributed by atoms with Crippen LogP contribution in [-0.4, -0.2) is 23.1 Å². The fourth-order valence-electron chi connectivity index (χ4n) is 3.62. The predicted molar refractivity (Wildman–Crippen MR) is 112 cm³/mol. The Morgan fingerprint density at radius 3 is 2.04 bits per heavy atom. The van der Waals surface area contributed by atoms with Crippen molar-refractivity contribution in [3.05, 3.63) is 94.0 Å². The molecule has 5 rings (SSSR count). The molecule has 0 atom stereocenters. The number of hydrogen-bond donors (Lipinski definition) is 2. The van der Waals surface area contributed by atoms with Crippen LogP contribution in [0, 0.1) is 0 Å². The molecule has 6 heteroatoms. The minimum Gasteiger partial charge on any atom is -0.348 e. The Bertz CT molecular complexity index is 1150. The third-order valence-corrected chi connectivity index (χ3v) is 5.67. The molecule has 0 saturated heterocycles. The van der Waals surface area contributed by atoms with Crippen molar-refractivity contribution in [2.45, 2.75) is 5.66 Å². The Morgan fingerprint density at radius 2 is 1.36 bits per heavy atom. The van der Waals surface area contributed by atoms with Gasteiger partial charge in [-0.2, -0.15) is 0 Å². The molecule has 1 aliphatic heterocycles. The van der Waals surface area contributed by atoms with Crippen LogP contribution in [0.3, 0.4) is 0 Å². The normalized spacial score (nSPS) is 16.2. The zero-order chi connectivity index (χ0) is 19.3. The van der Waals surface area contributed by atoms with Crippen molar-refractivity contribution in [2.24, 2.45) is 4.99 Å². The largest absolute Gasteiger partial charge is 0.348 e. The highest BCUT2D eigenvalue weighted by molar-refractivity contribution is 9.10. The molecule has 2 N–H and O–H groups in total. The maximum Gasteiger partial charge on any atom is 0.259 e. The van der Waals surface area contributed by atoms with E-state index in [9.17, 15) is 9.59 Å². The maximum atomic E-state index is 13.2. The number of rotatable bonds is 1. The van der Waals surface area contributed by atoms with Gasteiger partial charge in [0, 0.05) is 26.9 Å². The summed E-state index contributed by atoms with van der Waals surface area (Å²) in [7, 11) is 0. The van der Waals surface area contributed by atoms with Gasteiger partial charge in [-0.25, -0.2) is 4.99 Å². The lowest BCUT2D eigenvalue weighted by molar-refractivity contribution is 0.0826. The molecule has 0 saturated carbocycles. The average Bonchev–Trinajstić information content (AvgIpc) is 2.92. The highest BCUT2D eigenvalue weighted by atomic mass is 79.9. The molecule has 0 fully saturated rings. The second-order valence-corrected chi connectivity index (χ2v) is 7.50. The number of ketones is 2. The number of halogens is 1. The minimum absolute atomic E-state index is 0.339. The number of nitrogens with one attached hydrogen (secondary N) is 2. The summed E-state index contributed by atoms with van der Waals surface area (Å²) in [4.78, 5) is 31.1. The standard InChI is InChI=1S/C22H14BrN3O2/c23-16-10-4-6-12-18(16)24-21-15-9-3-5-11-17(15)25-22(26-21)19(27)13-7-1-2-8-14(13)20(22)28/h1-12,25H,(H,24,26). The van der Waals surface area contributed by atoms with Crippen LogP contribution in [0.2, 0.25) is 0 Å². The van der Waals surface area contributed by atoms with Crippen LogP contribution in [0.15, 0.2) is 82.3 Å². The SMILES string of the molecule is O=C1c2ccccc2C(=O)C12N=C(Nc1ccccc1Br)c1ccccc1N2. The second-order valence-electron chi connectivity index (χ2n) is 6.65. The lowest BCUT2D eigenvalue weighted by Crippen LogP contribution is -2.51. The number of fused-ring (bicyclic) bond motifs is 2. The van der Waals surface area contributed by atoms with Gasteiger partial charge in [-0.05, 0) is 40.2 Å². The van der Waals surface area contributed by atoms with Crippen LogP contribution in [0.5, 0.6) is 0 Å². The van der Waals surface area contributed by atoms with Crippen molar-refractivity contribution in [1.29, 1.82) is 0 Å². The molecule has 0 bridgehead atoms. The lowest BCUT2D eigenvalue weighted by atomic mass is 9.99. The van der Waals surface area contributed by atoms with E-state index >= 15 is 0 Å². The molecule has 1 aliphatic carbocycles. The van der Waals surface area contributed by atoms with E-state index in [1.165, 1.54) is 0 Å². The summed E-state index contributed by atoms with van der Waals surface area (Å²) in [6, 6.07) is 22.0. The summed E-state index contributed by atoms with van der Waals surface area (Å²) in [6.07, 6.45) is 0. The van der Waals surface area contributed by atoms with E-state index in [4.69, 9.17) is 0 Å². The van der Waals surface area contributed by atoms with Crippen molar-refractivity contribution in [1.82, 2.24) is 0 Å². The number of Topliss-reactive ketones (excluding diaryl/α,β-unsaturated/α-hetero) is 2. The maximum absolute atomic E-state index is 13.2. The highest BCUT2D eigenvalue weighted by Crippen LogP contribution is 2.38. The fraction of sp³-hybridized carbons (Fsp3) is 0.0455. The third-order valence-electron chi connectivity index (χ3n) is 4.98. The molecule has 0 aromatic heterocycles. The van der Waals surface area contributed by atoms with Gasteiger partial charge >= 0.3 is 0 Å². The fourth-order valence-corrected chi connectivity index (χ4v) is 4.01. The Labute approximate surface area is 169 Å². The number of aliphatic imine (C=N–C) groups is 1. The van der Waals surface area contributed by atoms with Crippen molar-refractivity contribution < 1.29 is 9.59 Å². The molecular weight excluding hydrogens is 418 g/mol. The lowest BCUT2D eigenvalue weighted by Gasteiger charge is -2.31. The van der Waals surface area contributed by atoms with Gasteiger partial charge in [0.2, 0.25) is 11.6 Å². The van der Waals surface area contributed by atoms with E-state index in [0.29, 0.717) is 22.6 Å². The molecule has 2 aliphatic rings. The van der Waals surface area contributed by atoms with Crippen molar-refractivity contribution in [3.63, 3.8) is 0 Å². The Kier molecular flexibility index (Phi) is 3.70. The van der Waals surface area contributed by atoms with Gasteiger partial charge in [-0.3, -0.25) is 9.59 Å². The Balaban J connectivity index is 1.69. The molecule has 5 nitrogen and oxygen atoms in total. The number of carbonyl (C=O) groups is 2. The Morgan fingerprint density at radius 1 is 0.786 bits per heavy atom. The molecular formula is C22H14BrN3O2. The van der Waals surface area contributed by atoms with Gasteiger partial charge in [0.05, 0.1) is 5.69 Å². The molecule has 28 heavy (non-hydrogen) atoms. The van der Waals surface area contributed by atoms with E-state index in [2.05, 4.69) is 31.6 Å². The molecule has 136 valence electrons. The van der Waals surface area contributed by atoms with Gasteiger partial charge in [0.15, 0.2) is 0 Å². The van der Waals surface area contributed by atoms with Crippen molar-refractivity contribution in [3.8, 4) is 0 Å². The van der Waals surface area contributed by atoms with Crippen LogP contribution < -0.4 is 10.6 Å². The van der Waals surface area contributed by atoms with E-state index in [1.807, 2.05) is 48.5 Å². The predicted octanol–water partition coefficient (Wildman–Crippen LogP) is 4.51. The van der Waals surface area contributed by atoms with Crippen LogP contribution in [0.25, 0.3) is 0 Å². The van der Waals surface area contributed by atoms with E-state index in [0.717, 1.165) is 15.7 Å². The topological polar surface area (TPSA) is 70.6 Å². The monoisotopic (exact) mass is 431 g/mol. The van der Waals surface area contributed by atoms with E-state index in [-0.39, 0.29) is 11.6 Å². The first-order chi connectivity index (χ1) is 13.6. The summed E-state index contributed by atoms with van der Waals surface area (Å²) in [5, 5.41) is 6.39. The number of amidine groups is 1. The highest BCUT2D eigenvalue weighted by Gasteiger charge is 2.55. The Hall–Kier alpha value is -3.25. The van der Waals surface area contributed by atoms with Crippen LogP contribution in [0.1, 0.15) is 26.3 Å². The first kappa shape index (κ1) is 16.9. The number of carbonyl (C=O) groups excluding carboxylic acids is 2. The van der Waals surface area contributed by atoms with Crippen molar-refractivity contribution in [2.75, 3.05) is 10.6 Å². The average molecular weight is 432 g/mol. The quantitative estimate of drug-likeness (QED) is 0.556. The summed E-state index contributed by atoms with van der Waals surface area (Å²) in [6.45, 7) is 0. The molecule has 1 spiro atoms. The summed E-state index contributed by atoms with van der Waals surface area (Å²) in [5.41, 5.74) is 1.37. The first-order valence-electron chi connectivity index (χ1n) is 8.78.